The van der Waals surface area contributed by atoms with Gasteiger partial charge in [-0.3, -0.25) is 10.9 Å². The Morgan fingerprint density at radius 1 is 0.514 bits per heavy atom. The molecular weight excluding hydrogens is 611 g/mol. The summed E-state index contributed by atoms with van der Waals surface area (Å²) >= 11 is 10.9. The standard InChI is InChI=1S/C22H14N6O4S2.2ClH.Cu/c33-21-23-17(13-5-1-9-29-13)18(14-6-2-10-30-14)24-22(34)28-26-20(16-8-4-12-32-16)19(25-27-21)15-7-3-11-31-15;;;/h1-12H,(H,23,27,33)(H,24,28,34);2*1H;/q;;;+2/p-2. The second kappa shape index (κ2) is 13.8. The third kappa shape index (κ3) is 6.92. The van der Waals surface area contributed by atoms with Gasteiger partial charge in [0, 0.05) is 0 Å². The summed E-state index contributed by atoms with van der Waals surface area (Å²) in [5.41, 5.74) is 6.68. The maximum atomic E-state index is 5.56. The fourth-order valence-corrected chi connectivity index (χ4v) is 3.29. The molecule has 1 aliphatic rings. The van der Waals surface area contributed by atoms with E-state index in [0.717, 1.165) is 0 Å². The zero-order chi connectivity index (χ0) is 23.3. The summed E-state index contributed by atoms with van der Waals surface area (Å²) in [5, 5.41) is 8.85. The van der Waals surface area contributed by atoms with Gasteiger partial charge in [-0.05, 0) is 73.0 Å². The summed E-state index contributed by atoms with van der Waals surface area (Å²) in [7, 11) is 0. The van der Waals surface area contributed by atoms with Crippen molar-refractivity contribution < 1.29 is 59.6 Å². The summed E-state index contributed by atoms with van der Waals surface area (Å²) in [4.78, 5) is 8.98. The van der Waals surface area contributed by atoms with Crippen molar-refractivity contribution in [3.05, 3.63) is 96.6 Å². The van der Waals surface area contributed by atoms with Gasteiger partial charge in [-0.15, -0.1) is 0 Å². The Kier molecular flexibility index (Phi) is 11.2. The van der Waals surface area contributed by atoms with Gasteiger partial charge in [0.1, 0.15) is 11.4 Å². The van der Waals surface area contributed by atoms with Crippen molar-refractivity contribution in [1.29, 1.82) is 0 Å². The molecule has 0 unspecified atom stereocenters. The van der Waals surface area contributed by atoms with Gasteiger partial charge in [0.2, 0.25) is 10.2 Å². The van der Waals surface area contributed by atoms with E-state index in [1.54, 1.807) is 48.5 Å². The minimum Gasteiger partial charge on any atom is -1.00 e. The fourth-order valence-electron chi connectivity index (χ4n) is 3.01. The van der Waals surface area contributed by atoms with Crippen molar-refractivity contribution >= 4 is 57.5 Å². The molecule has 0 saturated heterocycles. The molecule has 0 aliphatic carbocycles. The van der Waals surface area contributed by atoms with Gasteiger partial charge >= 0.3 is 17.1 Å². The number of nitrogens with zero attached hydrogens (tertiary/aromatic N) is 4. The fraction of sp³-hybridized carbons (Fsp3) is 0. The van der Waals surface area contributed by atoms with Crippen LogP contribution in [0.2, 0.25) is 0 Å². The SMILES string of the molecule is S=C1/N=C(c2ccco2)/C(c2ccco2)=N/C(=S)N/N=C(c2ccco2)/C(c2ccco2)=N/N1.[Cl-].[Cl-].[Cu+2]. The first kappa shape index (κ1) is 29.9. The molecule has 15 heteroatoms. The van der Waals surface area contributed by atoms with Crippen LogP contribution in [0.5, 0.6) is 0 Å². The van der Waals surface area contributed by atoms with Crippen LogP contribution in [-0.4, -0.2) is 33.1 Å². The van der Waals surface area contributed by atoms with Crippen LogP contribution < -0.4 is 35.7 Å². The van der Waals surface area contributed by atoms with Crippen LogP contribution in [0.1, 0.15) is 23.0 Å². The van der Waals surface area contributed by atoms with Gasteiger partial charge in [-0.1, -0.05) is 0 Å². The molecule has 193 valence electrons. The molecule has 0 bridgehead atoms. The number of furan rings is 4. The average Bonchev–Trinajstić information content (AvgIpc) is 3.65. The van der Waals surface area contributed by atoms with Crippen LogP contribution in [0, 0.1) is 0 Å². The quantitative estimate of drug-likeness (QED) is 0.196. The number of nitrogens with one attached hydrogen (secondary N) is 2. The summed E-state index contributed by atoms with van der Waals surface area (Å²) < 4.78 is 22.2. The Hall–Kier alpha value is -3.32. The van der Waals surface area contributed by atoms with Crippen LogP contribution in [-0.2, 0) is 17.1 Å². The van der Waals surface area contributed by atoms with Crippen LogP contribution in [0.15, 0.2) is 111 Å². The Labute approximate surface area is 243 Å². The molecule has 0 amide bonds. The van der Waals surface area contributed by atoms with Crippen LogP contribution >= 0.6 is 24.4 Å². The first-order chi connectivity index (χ1) is 16.7. The zero-order valence-electron chi connectivity index (χ0n) is 18.2. The smallest absolute Gasteiger partial charge is 1.00 e. The molecule has 4 aromatic heterocycles. The van der Waals surface area contributed by atoms with Gasteiger partial charge in [-0.25, -0.2) is 9.98 Å². The number of hydrazone groups is 2. The molecule has 0 aromatic carbocycles. The summed E-state index contributed by atoms with van der Waals surface area (Å²) in [6, 6.07) is 13.7. The molecule has 2 N–H and O–H groups in total. The summed E-state index contributed by atoms with van der Waals surface area (Å²) in [6.45, 7) is 0. The van der Waals surface area contributed by atoms with Crippen molar-refractivity contribution in [2.45, 2.75) is 0 Å². The largest absolute Gasteiger partial charge is 2.00 e. The summed E-state index contributed by atoms with van der Waals surface area (Å²) in [5.74, 6) is 1.61. The van der Waals surface area contributed by atoms with Crippen molar-refractivity contribution in [1.82, 2.24) is 10.9 Å². The van der Waals surface area contributed by atoms with E-state index in [1.807, 2.05) is 0 Å². The van der Waals surface area contributed by atoms with Gasteiger partial charge in [-0.2, -0.15) is 10.2 Å². The van der Waals surface area contributed by atoms with Crippen LogP contribution in [0.3, 0.4) is 0 Å². The molecule has 0 atom stereocenters. The van der Waals surface area contributed by atoms with Crippen molar-refractivity contribution in [3.63, 3.8) is 0 Å². The van der Waals surface area contributed by atoms with E-state index in [-0.39, 0.29) is 63.5 Å². The van der Waals surface area contributed by atoms with E-state index in [0.29, 0.717) is 34.5 Å². The molecule has 5 heterocycles. The van der Waals surface area contributed by atoms with E-state index in [2.05, 4.69) is 31.0 Å². The van der Waals surface area contributed by atoms with E-state index in [4.69, 9.17) is 42.1 Å². The molecular formula is C22H14Cl2CuN6O4S2. The second-order valence-electron chi connectivity index (χ2n) is 6.58. The monoisotopic (exact) mass is 623 g/mol. The molecule has 10 nitrogen and oxygen atoms in total. The minimum absolute atomic E-state index is 0. The van der Waals surface area contributed by atoms with Gasteiger partial charge in [0.15, 0.2) is 34.5 Å². The number of hydrogen-bond acceptors (Lipinski definition) is 8. The normalized spacial score (nSPS) is 19.6. The zero-order valence-corrected chi connectivity index (χ0v) is 22.3. The van der Waals surface area contributed by atoms with Gasteiger partial charge in [0.25, 0.3) is 0 Å². The first-order valence-corrected chi connectivity index (χ1v) is 10.6. The van der Waals surface area contributed by atoms with Crippen LogP contribution in [0.4, 0.5) is 0 Å². The Morgan fingerprint density at radius 3 is 1.08 bits per heavy atom. The first-order valence-electron chi connectivity index (χ1n) is 9.78. The van der Waals surface area contributed by atoms with E-state index in [1.165, 1.54) is 25.1 Å². The third-order valence-corrected chi connectivity index (χ3v) is 4.79. The molecule has 5 rings (SSSR count). The minimum atomic E-state index is 0. The van der Waals surface area contributed by atoms with Gasteiger partial charge < -0.3 is 42.5 Å². The maximum absolute atomic E-state index is 5.56. The molecule has 37 heavy (non-hydrogen) atoms. The van der Waals surface area contributed by atoms with Crippen molar-refractivity contribution in [2.24, 2.45) is 20.2 Å². The predicted molar refractivity (Wildman–Crippen MR) is 132 cm³/mol. The maximum Gasteiger partial charge on any atom is 2.00 e. The topological polar surface area (TPSA) is 126 Å². The Balaban J connectivity index is 0.00000160. The molecule has 0 saturated carbocycles. The third-order valence-electron chi connectivity index (χ3n) is 4.42. The second-order valence-corrected chi connectivity index (χ2v) is 7.36. The predicted octanol–water partition coefficient (Wildman–Crippen LogP) is -2.09. The average molecular weight is 625 g/mol. The van der Waals surface area contributed by atoms with E-state index in [9.17, 15) is 0 Å². The van der Waals surface area contributed by atoms with Crippen molar-refractivity contribution in [2.75, 3.05) is 0 Å². The Bertz CT molecular complexity index is 1320. The van der Waals surface area contributed by atoms with E-state index < -0.39 is 0 Å². The number of rotatable bonds is 4. The summed E-state index contributed by atoms with van der Waals surface area (Å²) in [6.07, 6.45) is 6.04. The molecule has 4 aromatic rings. The Morgan fingerprint density at radius 2 is 0.811 bits per heavy atom. The molecule has 1 radical (unpaired) electrons. The van der Waals surface area contributed by atoms with Gasteiger partial charge in [0.05, 0.1) is 25.1 Å². The van der Waals surface area contributed by atoms with Crippen molar-refractivity contribution in [3.8, 4) is 0 Å². The van der Waals surface area contributed by atoms with Crippen LogP contribution in [0.25, 0.3) is 0 Å². The molecule has 0 fully saturated rings. The number of aliphatic imine (C=N–C) groups is 2. The number of thiocarbonyl (C=S) groups is 2. The molecule has 0 spiro atoms. The molecule has 1 aliphatic heterocycles. The number of hydrogen-bond donors (Lipinski definition) is 2. The van der Waals surface area contributed by atoms with E-state index >= 15 is 0 Å². The number of halogens is 2.